The molecular formula is C14H16ClFN2O3. The molecule has 7 heteroatoms. The molecule has 0 atom stereocenters. The molecule has 1 saturated carbocycles. The topological polar surface area (TPSA) is 78.4 Å². The van der Waals surface area contributed by atoms with E-state index in [1.165, 1.54) is 12.1 Å². The second-order valence-corrected chi connectivity index (χ2v) is 5.63. The lowest BCUT2D eigenvalue weighted by Gasteiger charge is -2.22. The number of carbonyl (C=O) groups excluding carboxylic acids is 2. The number of benzene rings is 1. The van der Waals surface area contributed by atoms with E-state index in [9.17, 15) is 19.1 Å². The van der Waals surface area contributed by atoms with Crippen molar-refractivity contribution in [2.24, 2.45) is 0 Å². The summed E-state index contributed by atoms with van der Waals surface area (Å²) in [6.07, 6.45) is 2.99. The Bertz CT molecular complexity index is 559. The summed E-state index contributed by atoms with van der Waals surface area (Å²) in [6, 6.07) is 3.71. The fourth-order valence-electron chi connectivity index (χ4n) is 2.30. The maximum absolute atomic E-state index is 13.5. The first kappa shape index (κ1) is 15.7. The van der Waals surface area contributed by atoms with Gasteiger partial charge in [-0.25, -0.2) is 4.39 Å². The summed E-state index contributed by atoms with van der Waals surface area (Å²) in [7, 11) is 0. The van der Waals surface area contributed by atoms with Gasteiger partial charge in [0.1, 0.15) is 5.82 Å². The summed E-state index contributed by atoms with van der Waals surface area (Å²) in [5, 5.41) is 14.8. The van der Waals surface area contributed by atoms with Crippen LogP contribution in [0.15, 0.2) is 18.2 Å². The minimum absolute atomic E-state index is 0.0162. The van der Waals surface area contributed by atoms with Gasteiger partial charge in [-0.15, -0.1) is 0 Å². The number of aliphatic hydroxyl groups is 1. The van der Waals surface area contributed by atoms with E-state index in [0.717, 1.165) is 18.9 Å². The first-order valence-electron chi connectivity index (χ1n) is 6.66. The molecule has 0 radical (unpaired) electrons. The Balaban J connectivity index is 1.89. The van der Waals surface area contributed by atoms with E-state index >= 15 is 0 Å². The second kappa shape index (κ2) is 6.41. The molecule has 0 unspecified atom stereocenters. The zero-order valence-electron chi connectivity index (χ0n) is 11.3. The van der Waals surface area contributed by atoms with Gasteiger partial charge in [0.15, 0.2) is 0 Å². The van der Waals surface area contributed by atoms with E-state index in [1.807, 2.05) is 0 Å². The fraction of sp³-hybridized carbons (Fsp3) is 0.429. The normalized spacial score (nSPS) is 16.5. The van der Waals surface area contributed by atoms with Crippen LogP contribution < -0.4 is 10.6 Å². The summed E-state index contributed by atoms with van der Waals surface area (Å²) in [6.45, 7) is 0.0162. The van der Waals surface area contributed by atoms with E-state index in [2.05, 4.69) is 10.6 Å². The number of hydrogen-bond acceptors (Lipinski definition) is 3. The molecule has 2 amide bonds. The average molecular weight is 315 g/mol. The predicted molar refractivity (Wildman–Crippen MR) is 76.5 cm³/mol. The molecule has 0 saturated heterocycles. The molecule has 1 aliphatic rings. The molecule has 0 bridgehead atoms. The standard InChI is InChI=1S/C14H16ClFN2O3/c15-9-3-4-11(10(16)7-9)18-13(20)12(19)17-8-14(21)5-1-2-6-14/h3-4,7,21H,1-2,5-6,8H2,(H,17,19)(H,18,20). The summed E-state index contributed by atoms with van der Waals surface area (Å²) < 4.78 is 13.5. The van der Waals surface area contributed by atoms with Crippen molar-refractivity contribution < 1.29 is 19.1 Å². The number of amides is 2. The van der Waals surface area contributed by atoms with Crippen LogP contribution in [0.3, 0.4) is 0 Å². The smallest absolute Gasteiger partial charge is 0.313 e. The summed E-state index contributed by atoms with van der Waals surface area (Å²) >= 11 is 5.59. The van der Waals surface area contributed by atoms with Crippen molar-refractivity contribution >= 4 is 29.1 Å². The molecular weight excluding hydrogens is 299 g/mol. The molecule has 3 N–H and O–H groups in total. The quantitative estimate of drug-likeness (QED) is 0.745. The van der Waals surface area contributed by atoms with Crippen molar-refractivity contribution in [1.82, 2.24) is 5.32 Å². The number of halogens is 2. The van der Waals surface area contributed by atoms with Crippen molar-refractivity contribution in [3.05, 3.63) is 29.0 Å². The third kappa shape index (κ3) is 4.15. The van der Waals surface area contributed by atoms with Gasteiger partial charge in [-0.1, -0.05) is 24.4 Å². The van der Waals surface area contributed by atoms with E-state index in [0.29, 0.717) is 12.8 Å². The Hall–Kier alpha value is -1.66. The average Bonchev–Trinajstić information content (AvgIpc) is 2.86. The largest absolute Gasteiger partial charge is 0.388 e. The fourth-order valence-corrected chi connectivity index (χ4v) is 2.46. The Kier molecular flexibility index (Phi) is 4.80. The first-order valence-corrected chi connectivity index (χ1v) is 7.04. The molecule has 114 valence electrons. The molecule has 1 aromatic carbocycles. The second-order valence-electron chi connectivity index (χ2n) is 5.19. The van der Waals surface area contributed by atoms with Crippen LogP contribution in [0.25, 0.3) is 0 Å². The maximum atomic E-state index is 13.5. The Labute approximate surface area is 126 Å². The third-order valence-electron chi connectivity index (χ3n) is 3.50. The van der Waals surface area contributed by atoms with Crippen LogP contribution in [0.4, 0.5) is 10.1 Å². The lowest BCUT2D eigenvalue weighted by Crippen LogP contribution is -2.44. The van der Waals surface area contributed by atoms with Crippen LogP contribution in [-0.4, -0.2) is 29.1 Å². The molecule has 0 aromatic heterocycles. The lowest BCUT2D eigenvalue weighted by molar-refractivity contribution is -0.136. The molecule has 0 aliphatic heterocycles. The van der Waals surface area contributed by atoms with E-state index < -0.39 is 23.2 Å². The van der Waals surface area contributed by atoms with Crippen LogP contribution in [-0.2, 0) is 9.59 Å². The highest BCUT2D eigenvalue weighted by Crippen LogP contribution is 2.28. The highest BCUT2D eigenvalue weighted by molar-refractivity contribution is 6.39. The maximum Gasteiger partial charge on any atom is 0.313 e. The SMILES string of the molecule is O=C(NCC1(O)CCCC1)C(=O)Nc1ccc(Cl)cc1F. The van der Waals surface area contributed by atoms with Gasteiger partial charge in [-0.3, -0.25) is 9.59 Å². The molecule has 1 aromatic rings. The van der Waals surface area contributed by atoms with Crippen LogP contribution in [0.1, 0.15) is 25.7 Å². The number of nitrogens with one attached hydrogen (secondary N) is 2. The third-order valence-corrected chi connectivity index (χ3v) is 3.73. The number of rotatable bonds is 3. The molecule has 1 aliphatic carbocycles. The van der Waals surface area contributed by atoms with E-state index in [4.69, 9.17) is 11.6 Å². The first-order chi connectivity index (χ1) is 9.89. The highest BCUT2D eigenvalue weighted by Gasteiger charge is 2.32. The summed E-state index contributed by atoms with van der Waals surface area (Å²) in [5.74, 6) is -2.62. The van der Waals surface area contributed by atoms with Crippen molar-refractivity contribution in [3.8, 4) is 0 Å². The van der Waals surface area contributed by atoms with Crippen molar-refractivity contribution in [2.45, 2.75) is 31.3 Å². The lowest BCUT2D eigenvalue weighted by atomic mass is 10.0. The van der Waals surface area contributed by atoms with Gasteiger partial charge >= 0.3 is 11.8 Å². The van der Waals surface area contributed by atoms with E-state index in [-0.39, 0.29) is 17.3 Å². The molecule has 0 spiro atoms. The van der Waals surface area contributed by atoms with Crippen molar-refractivity contribution in [3.63, 3.8) is 0 Å². The summed E-state index contributed by atoms with van der Waals surface area (Å²) in [5.41, 5.74) is -1.07. The molecule has 21 heavy (non-hydrogen) atoms. The molecule has 2 rings (SSSR count). The van der Waals surface area contributed by atoms with Crippen molar-refractivity contribution in [2.75, 3.05) is 11.9 Å². The Morgan fingerprint density at radius 3 is 2.57 bits per heavy atom. The summed E-state index contributed by atoms with van der Waals surface area (Å²) in [4.78, 5) is 23.3. The minimum Gasteiger partial charge on any atom is -0.388 e. The van der Waals surface area contributed by atoms with Crippen LogP contribution in [0.5, 0.6) is 0 Å². The zero-order valence-corrected chi connectivity index (χ0v) is 12.0. The number of hydrogen-bond donors (Lipinski definition) is 3. The van der Waals surface area contributed by atoms with Gasteiger partial charge in [0.2, 0.25) is 0 Å². The van der Waals surface area contributed by atoms with Gasteiger partial charge in [0, 0.05) is 11.6 Å². The van der Waals surface area contributed by atoms with Crippen LogP contribution in [0.2, 0.25) is 5.02 Å². The van der Waals surface area contributed by atoms with Gasteiger partial charge in [-0.05, 0) is 31.0 Å². The van der Waals surface area contributed by atoms with E-state index in [1.54, 1.807) is 0 Å². The molecule has 0 heterocycles. The monoisotopic (exact) mass is 314 g/mol. The Morgan fingerprint density at radius 2 is 1.95 bits per heavy atom. The zero-order chi connectivity index (χ0) is 15.5. The highest BCUT2D eigenvalue weighted by atomic mass is 35.5. The molecule has 5 nitrogen and oxygen atoms in total. The predicted octanol–water partition coefficient (Wildman–Crippen LogP) is 1.84. The van der Waals surface area contributed by atoms with Crippen LogP contribution >= 0.6 is 11.6 Å². The molecule has 1 fully saturated rings. The van der Waals surface area contributed by atoms with Crippen LogP contribution in [0, 0.1) is 5.82 Å². The number of carbonyl (C=O) groups is 2. The Morgan fingerprint density at radius 1 is 1.29 bits per heavy atom. The van der Waals surface area contributed by atoms with Gasteiger partial charge < -0.3 is 15.7 Å². The van der Waals surface area contributed by atoms with Gasteiger partial charge in [0.25, 0.3) is 0 Å². The van der Waals surface area contributed by atoms with Crippen molar-refractivity contribution in [1.29, 1.82) is 0 Å². The minimum atomic E-state index is -0.988. The van der Waals surface area contributed by atoms with Gasteiger partial charge in [0.05, 0.1) is 11.3 Å². The number of anilines is 1. The van der Waals surface area contributed by atoms with Gasteiger partial charge in [-0.2, -0.15) is 0 Å².